The van der Waals surface area contributed by atoms with Crippen molar-refractivity contribution >= 4 is 33.5 Å². The monoisotopic (exact) mass is 258 g/mol. The molecule has 0 spiro atoms. The zero-order valence-electron chi connectivity index (χ0n) is 7.58. The summed E-state index contributed by atoms with van der Waals surface area (Å²) in [5.41, 5.74) is 0. The molecule has 0 saturated heterocycles. The van der Waals surface area contributed by atoms with Gasteiger partial charge in [-0.25, -0.2) is 0 Å². The minimum absolute atomic E-state index is 0.0428. The van der Waals surface area contributed by atoms with E-state index in [9.17, 15) is 4.79 Å². The second-order valence-corrected chi connectivity index (χ2v) is 5.15. The van der Waals surface area contributed by atoms with E-state index < -0.39 is 0 Å². The quantitative estimate of drug-likeness (QED) is 0.772. The van der Waals surface area contributed by atoms with Crippen molar-refractivity contribution in [3.63, 3.8) is 0 Å². The molecule has 1 aromatic carbocycles. The zero-order valence-corrected chi connectivity index (χ0v) is 9.98. The summed E-state index contributed by atoms with van der Waals surface area (Å²) in [6.45, 7) is 3.55. The molecule has 0 aliphatic heterocycles. The highest BCUT2D eigenvalue weighted by molar-refractivity contribution is 9.10. The van der Waals surface area contributed by atoms with E-state index in [-0.39, 0.29) is 11.0 Å². The highest BCUT2D eigenvalue weighted by atomic mass is 79.9. The lowest BCUT2D eigenvalue weighted by Crippen LogP contribution is -2.07. The Morgan fingerprint density at radius 1 is 1.38 bits per heavy atom. The van der Waals surface area contributed by atoms with Crippen LogP contribution >= 0.6 is 27.7 Å². The fourth-order valence-electron chi connectivity index (χ4n) is 0.800. The van der Waals surface area contributed by atoms with Crippen LogP contribution in [0.2, 0.25) is 0 Å². The van der Waals surface area contributed by atoms with Crippen molar-refractivity contribution in [2.24, 2.45) is 0 Å². The molecule has 0 amide bonds. The number of hydrogen-bond acceptors (Lipinski definition) is 2. The highest BCUT2D eigenvalue weighted by Gasteiger charge is 2.08. The summed E-state index contributed by atoms with van der Waals surface area (Å²) >= 11 is 4.95. The number of ketones is 1. The average Bonchev–Trinajstić information content (AvgIpc) is 2.08. The third-order valence-electron chi connectivity index (χ3n) is 1.70. The molecule has 70 valence electrons. The van der Waals surface area contributed by atoms with Crippen molar-refractivity contribution in [2.45, 2.75) is 24.0 Å². The SMILES string of the molecule is CC(=O)C(C)Sc1ccc(Br)cc1. The van der Waals surface area contributed by atoms with Crippen LogP contribution in [0.25, 0.3) is 0 Å². The Morgan fingerprint density at radius 3 is 2.38 bits per heavy atom. The molecule has 0 N–H and O–H groups in total. The summed E-state index contributed by atoms with van der Waals surface area (Å²) in [6.07, 6.45) is 0. The molecular formula is C10H11BrOS. The third kappa shape index (κ3) is 3.53. The lowest BCUT2D eigenvalue weighted by Gasteiger charge is -2.06. The van der Waals surface area contributed by atoms with Crippen LogP contribution in [-0.4, -0.2) is 11.0 Å². The maximum Gasteiger partial charge on any atom is 0.142 e. The molecule has 1 unspecified atom stereocenters. The number of hydrogen-bond donors (Lipinski definition) is 0. The number of thioether (sulfide) groups is 1. The van der Waals surface area contributed by atoms with Crippen molar-refractivity contribution in [1.82, 2.24) is 0 Å². The first-order valence-electron chi connectivity index (χ1n) is 4.02. The molecular weight excluding hydrogens is 248 g/mol. The van der Waals surface area contributed by atoms with Gasteiger partial charge in [0, 0.05) is 9.37 Å². The Morgan fingerprint density at radius 2 is 1.92 bits per heavy atom. The van der Waals surface area contributed by atoms with Crippen LogP contribution in [0.1, 0.15) is 13.8 Å². The van der Waals surface area contributed by atoms with E-state index in [4.69, 9.17) is 0 Å². The van der Waals surface area contributed by atoms with Gasteiger partial charge in [0.05, 0.1) is 5.25 Å². The molecule has 0 aliphatic carbocycles. The smallest absolute Gasteiger partial charge is 0.142 e. The van der Waals surface area contributed by atoms with Gasteiger partial charge in [-0.2, -0.15) is 0 Å². The summed E-state index contributed by atoms with van der Waals surface area (Å²) in [6, 6.07) is 7.98. The first kappa shape index (κ1) is 10.8. The van der Waals surface area contributed by atoms with Gasteiger partial charge in [0.2, 0.25) is 0 Å². The standard InChI is InChI=1S/C10H11BrOS/c1-7(12)8(2)13-10-5-3-9(11)4-6-10/h3-6,8H,1-2H3. The molecule has 0 bridgehead atoms. The predicted octanol–water partition coefficient (Wildman–Crippen LogP) is 3.52. The molecule has 13 heavy (non-hydrogen) atoms. The lowest BCUT2D eigenvalue weighted by molar-refractivity contribution is -0.116. The Balaban J connectivity index is 2.64. The molecule has 1 atom stereocenters. The molecule has 0 aliphatic rings. The van der Waals surface area contributed by atoms with Crippen molar-refractivity contribution in [3.8, 4) is 0 Å². The van der Waals surface area contributed by atoms with Crippen LogP contribution in [0.4, 0.5) is 0 Å². The Labute approximate surface area is 91.0 Å². The van der Waals surface area contributed by atoms with Crippen LogP contribution in [0, 0.1) is 0 Å². The fraction of sp³-hybridized carbons (Fsp3) is 0.300. The minimum Gasteiger partial charge on any atom is -0.299 e. The van der Waals surface area contributed by atoms with Crippen molar-refractivity contribution in [3.05, 3.63) is 28.7 Å². The summed E-state index contributed by atoms with van der Waals surface area (Å²) < 4.78 is 1.06. The second-order valence-electron chi connectivity index (χ2n) is 2.82. The maximum absolute atomic E-state index is 11.0. The van der Waals surface area contributed by atoms with E-state index in [0.717, 1.165) is 9.37 Å². The van der Waals surface area contributed by atoms with E-state index in [0.29, 0.717) is 0 Å². The predicted molar refractivity (Wildman–Crippen MR) is 60.1 cm³/mol. The Bertz CT molecular complexity index is 294. The topological polar surface area (TPSA) is 17.1 Å². The molecule has 0 radical (unpaired) electrons. The summed E-state index contributed by atoms with van der Waals surface area (Å²) in [5.74, 6) is 0.216. The summed E-state index contributed by atoms with van der Waals surface area (Å²) in [7, 11) is 0. The van der Waals surface area contributed by atoms with Crippen molar-refractivity contribution < 1.29 is 4.79 Å². The number of carbonyl (C=O) groups excluding carboxylic acids is 1. The molecule has 0 saturated carbocycles. The Hall–Kier alpha value is -0.280. The number of Topliss-reactive ketones (excluding diaryl/α,β-unsaturated/α-hetero) is 1. The van der Waals surface area contributed by atoms with Gasteiger partial charge in [-0.3, -0.25) is 4.79 Å². The summed E-state index contributed by atoms with van der Waals surface area (Å²) in [4.78, 5) is 12.1. The van der Waals surface area contributed by atoms with E-state index in [1.54, 1.807) is 18.7 Å². The maximum atomic E-state index is 11.0. The van der Waals surface area contributed by atoms with Crippen LogP contribution in [0.3, 0.4) is 0 Å². The van der Waals surface area contributed by atoms with Crippen molar-refractivity contribution in [1.29, 1.82) is 0 Å². The largest absolute Gasteiger partial charge is 0.299 e. The van der Waals surface area contributed by atoms with Gasteiger partial charge in [0.25, 0.3) is 0 Å². The van der Waals surface area contributed by atoms with Gasteiger partial charge >= 0.3 is 0 Å². The molecule has 1 aromatic rings. The van der Waals surface area contributed by atoms with Gasteiger partial charge in [0.15, 0.2) is 0 Å². The summed E-state index contributed by atoms with van der Waals surface area (Å²) in [5, 5.41) is 0.0428. The van der Waals surface area contributed by atoms with Gasteiger partial charge in [-0.15, -0.1) is 11.8 Å². The van der Waals surface area contributed by atoms with Crippen LogP contribution in [-0.2, 0) is 4.79 Å². The molecule has 0 aromatic heterocycles. The van der Waals surface area contributed by atoms with Gasteiger partial charge in [-0.1, -0.05) is 15.9 Å². The minimum atomic E-state index is 0.0428. The fourth-order valence-corrected chi connectivity index (χ4v) is 1.93. The average molecular weight is 259 g/mol. The highest BCUT2D eigenvalue weighted by Crippen LogP contribution is 2.24. The molecule has 0 heterocycles. The van der Waals surface area contributed by atoms with E-state index >= 15 is 0 Å². The molecule has 1 rings (SSSR count). The van der Waals surface area contributed by atoms with E-state index in [1.165, 1.54) is 0 Å². The normalized spacial score (nSPS) is 12.5. The molecule has 3 heteroatoms. The van der Waals surface area contributed by atoms with Crippen LogP contribution in [0.15, 0.2) is 33.6 Å². The van der Waals surface area contributed by atoms with Gasteiger partial charge in [0.1, 0.15) is 5.78 Å². The number of carbonyl (C=O) groups is 1. The molecule has 1 nitrogen and oxygen atoms in total. The number of rotatable bonds is 3. The Kier molecular flexibility index (Phi) is 4.00. The van der Waals surface area contributed by atoms with Crippen LogP contribution < -0.4 is 0 Å². The number of halogens is 1. The van der Waals surface area contributed by atoms with Gasteiger partial charge < -0.3 is 0 Å². The second kappa shape index (κ2) is 4.82. The number of benzene rings is 1. The van der Waals surface area contributed by atoms with E-state index in [1.807, 2.05) is 31.2 Å². The molecule has 0 fully saturated rings. The zero-order chi connectivity index (χ0) is 9.84. The lowest BCUT2D eigenvalue weighted by atomic mass is 10.3. The third-order valence-corrected chi connectivity index (χ3v) is 3.46. The van der Waals surface area contributed by atoms with E-state index in [2.05, 4.69) is 15.9 Å². The first-order valence-corrected chi connectivity index (χ1v) is 5.69. The first-order chi connectivity index (χ1) is 6.09. The van der Waals surface area contributed by atoms with Crippen molar-refractivity contribution in [2.75, 3.05) is 0 Å². The van der Waals surface area contributed by atoms with Gasteiger partial charge in [-0.05, 0) is 38.1 Å². The van der Waals surface area contributed by atoms with Crippen LogP contribution in [0.5, 0.6) is 0 Å².